The predicted molar refractivity (Wildman–Crippen MR) is 33.6 cm³/mol. The Balaban J connectivity index is 2.33. The van der Waals surface area contributed by atoms with Crippen molar-refractivity contribution in [3.05, 3.63) is 0 Å². The van der Waals surface area contributed by atoms with Crippen molar-refractivity contribution in [3.63, 3.8) is 0 Å². The van der Waals surface area contributed by atoms with Gasteiger partial charge in [0, 0.05) is 6.42 Å². The van der Waals surface area contributed by atoms with Crippen LogP contribution >= 0.6 is 0 Å². The summed E-state index contributed by atoms with van der Waals surface area (Å²) in [6.07, 6.45) is 3.36. The van der Waals surface area contributed by atoms with Gasteiger partial charge in [-0.25, -0.2) is 0 Å². The van der Waals surface area contributed by atoms with Gasteiger partial charge >= 0.3 is 0 Å². The molecule has 2 atom stereocenters. The van der Waals surface area contributed by atoms with E-state index in [4.69, 9.17) is 10.4 Å². The normalized spacial score (nSPS) is 34.2. The second-order valence-corrected chi connectivity index (χ2v) is 2.62. The summed E-state index contributed by atoms with van der Waals surface area (Å²) in [5.41, 5.74) is 0. The van der Waals surface area contributed by atoms with Crippen LogP contribution < -0.4 is 0 Å². The Morgan fingerprint density at radius 1 is 1.56 bits per heavy atom. The van der Waals surface area contributed by atoms with Crippen LogP contribution in [-0.4, -0.2) is 11.2 Å². The van der Waals surface area contributed by atoms with Crippen LogP contribution in [0, 0.1) is 17.2 Å². The maximum absolute atomic E-state index is 9.17. The largest absolute Gasteiger partial charge is 0.393 e. The molecule has 0 aromatic rings. The molecule has 50 valence electrons. The molecular formula is C7H11NO. The summed E-state index contributed by atoms with van der Waals surface area (Å²) in [7, 11) is 0. The van der Waals surface area contributed by atoms with Gasteiger partial charge in [-0.2, -0.15) is 5.26 Å². The summed E-state index contributed by atoms with van der Waals surface area (Å²) in [5, 5.41) is 17.5. The quantitative estimate of drug-likeness (QED) is 0.569. The molecule has 9 heavy (non-hydrogen) atoms. The van der Waals surface area contributed by atoms with Gasteiger partial charge in [-0.15, -0.1) is 0 Å². The average molecular weight is 125 g/mol. The fraction of sp³-hybridized carbons (Fsp3) is 0.857. The first-order valence-corrected chi connectivity index (χ1v) is 3.39. The van der Waals surface area contributed by atoms with Crippen LogP contribution in [0.5, 0.6) is 0 Å². The number of nitrogens with zero attached hydrogens (tertiary/aromatic N) is 1. The Bertz CT molecular complexity index is 127. The zero-order valence-corrected chi connectivity index (χ0v) is 5.38. The molecule has 0 aliphatic heterocycles. The number of aliphatic hydroxyl groups excluding tert-OH is 1. The van der Waals surface area contributed by atoms with Crippen molar-refractivity contribution >= 4 is 0 Å². The van der Waals surface area contributed by atoms with Gasteiger partial charge in [0.15, 0.2) is 0 Å². The highest BCUT2D eigenvalue weighted by Crippen LogP contribution is 2.27. The first-order valence-electron chi connectivity index (χ1n) is 3.39. The molecule has 0 spiro atoms. The smallest absolute Gasteiger partial charge is 0.0625 e. The zero-order chi connectivity index (χ0) is 6.69. The van der Waals surface area contributed by atoms with Gasteiger partial charge in [-0.05, 0) is 18.8 Å². The first-order chi connectivity index (χ1) is 4.34. The van der Waals surface area contributed by atoms with Crippen molar-refractivity contribution < 1.29 is 5.11 Å². The van der Waals surface area contributed by atoms with Crippen LogP contribution in [-0.2, 0) is 0 Å². The topological polar surface area (TPSA) is 44.0 Å². The van der Waals surface area contributed by atoms with Crippen LogP contribution in [0.1, 0.15) is 25.7 Å². The van der Waals surface area contributed by atoms with Crippen molar-refractivity contribution in [3.8, 4) is 6.07 Å². The molecule has 1 aliphatic carbocycles. The van der Waals surface area contributed by atoms with E-state index in [1.165, 1.54) is 0 Å². The Morgan fingerprint density at radius 2 is 2.33 bits per heavy atom. The summed E-state index contributed by atoms with van der Waals surface area (Å²) >= 11 is 0. The average Bonchev–Trinajstić information content (AvgIpc) is 2.18. The number of aliphatic hydroxyl groups is 1. The molecule has 0 amide bonds. The van der Waals surface area contributed by atoms with Crippen molar-refractivity contribution in [2.24, 2.45) is 5.92 Å². The lowest BCUT2D eigenvalue weighted by atomic mass is 10.0. The molecule has 2 nitrogen and oxygen atoms in total. The van der Waals surface area contributed by atoms with Gasteiger partial charge in [0.2, 0.25) is 0 Å². The van der Waals surface area contributed by atoms with Gasteiger partial charge in [0.1, 0.15) is 0 Å². The fourth-order valence-corrected chi connectivity index (χ4v) is 1.37. The first kappa shape index (κ1) is 6.57. The molecule has 1 fully saturated rings. The molecule has 0 heterocycles. The van der Waals surface area contributed by atoms with E-state index in [-0.39, 0.29) is 12.0 Å². The Hall–Kier alpha value is -0.550. The van der Waals surface area contributed by atoms with Crippen LogP contribution in [0.25, 0.3) is 0 Å². The summed E-state index contributed by atoms with van der Waals surface area (Å²) < 4.78 is 0. The summed E-state index contributed by atoms with van der Waals surface area (Å²) in [5.74, 6) is 0.273. The van der Waals surface area contributed by atoms with Gasteiger partial charge < -0.3 is 5.11 Å². The van der Waals surface area contributed by atoms with Gasteiger partial charge in [0.25, 0.3) is 0 Å². The number of hydrogen-bond donors (Lipinski definition) is 1. The minimum atomic E-state index is -0.190. The van der Waals surface area contributed by atoms with E-state index < -0.39 is 0 Å². The summed E-state index contributed by atoms with van der Waals surface area (Å²) in [6, 6.07) is 2.08. The number of rotatable bonds is 1. The number of nitriles is 1. The van der Waals surface area contributed by atoms with E-state index in [2.05, 4.69) is 6.07 Å². The van der Waals surface area contributed by atoms with Gasteiger partial charge in [0.05, 0.1) is 12.2 Å². The van der Waals surface area contributed by atoms with Crippen molar-refractivity contribution in [1.29, 1.82) is 5.26 Å². The molecule has 1 N–H and O–H groups in total. The number of hydrogen-bond acceptors (Lipinski definition) is 2. The minimum Gasteiger partial charge on any atom is -0.393 e. The van der Waals surface area contributed by atoms with Gasteiger partial charge in [-0.1, -0.05) is 6.42 Å². The lowest BCUT2D eigenvalue weighted by Gasteiger charge is -2.07. The highest BCUT2D eigenvalue weighted by Gasteiger charge is 2.24. The highest BCUT2D eigenvalue weighted by molar-refractivity contribution is 4.84. The molecule has 0 bridgehead atoms. The molecule has 0 unspecified atom stereocenters. The molecule has 1 saturated carbocycles. The molecule has 0 aromatic carbocycles. The second-order valence-electron chi connectivity index (χ2n) is 2.62. The molecule has 1 aliphatic rings. The van der Waals surface area contributed by atoms with E-state index in [0.717, 1.165) is 19.3 Å². The summed E-state index contributed by atoms with van der Waals surface area (Å²) in [6.45, 7) is 0. The molecule has 1 rings (SSSR count). The standard InChI is InChI=1S/C7H11NO/c8-5-4-6-2-1-3-7(6)9/h6-7,9H,1-4H2/t6-,7+/m0/s1. The third-order valence-corrected chi connectivity index (χ3v) is 1.97. The molecular weight excluding hydrogens is 114 g/mol. The molecule has 0 radical (unpaired) electrons. The van der Waals surface area contributed by atoms with E-state index in [1.54, 1.807) is 0 Å². The lowest BCUT2D eigenvalue weighted by molar-refractivity contribution is 0.135. The second kappa shape index (κ2) is 2.84. The maximum Gasteiger partial charge on any atom is 0.0625 e. The van der Waals surface area contributed by atoms with Crippen molar-refractivity contribution in [2.75, 3.05) is 0 Å². The molecule has 0 aromatic heterocycles. The fourth-order valence-electron chi connectivity index (χ4n) is 1.37. The van der Waals surface area contributed by atoms with E-state index >= 15 is 0 Å². The highest BCUT2D eigenvalue weighted by atomic mass is 16.3. The Kier molecular flexibility index (Phi) is 2.07. The third-order valence-electron chi connectivity index (χ3n) is 1.97. The van der Waals surface area contributed by atoms with E-state index in [0.29, 0.717) is 6.42 Å². The lowest BCUT2D eigenvalue weighted by Crippen LogP contribution is -2.11. The van der Waals surface area contributed by atoms with Crippen LogP contribution in [0.15, 0.2) is 0 Å². The summed E-state index contributed by atoms with van der Waals surface area (Å²) in [4.78, 5) is 0. The van der Waals surface area contributed by atoms with E-state index in [1.807, 2.05) is 0 Å². The molecule has 0 saturated heterocycles. The Labute approximate surface area is 55.1 Å². The SMILES string of the molecule is N#CC[C@@H]1CCC[C@H]1O. The van der Waals surface area contributed by atoms with Crippen LogP contribution in [0.2, 0.25) is 0 Å². The minimum absolute atomic E-state index is 0.190. The van der Waals surface area contributed by atoms with E-state index in [9.17, 15) is 0 Å². The maximum atomic E-state index is 9.17. The predicted octanol–water partition coefficient (Wildman–Crippen LogP) is 1.06. The van der Waals surface area contributed by atoms with Crippen molar-refractivity contribution in [2.45, 2.75) is 31.8 Å². The van der Waals surface area contributed by atoms with Gasteiger partial charge in [-0.3, -0.25) is 0 Å². The Morgan fingerprint density at radius 3 is 2.78 bits per heavy atom. The zero-order valence-electron chi connectivity index (χ0n) is 5.38. The van der Waals surface area contributed by atoms with Crippen LogP contribution in [0.3, 0.4) is 0 Å². The molecule has 2 heteroatoms. The monoisotopic (exact) mass is 125 g/mol. The van der Waals surface area contributed by atoms with Crippen LogP contribution in [0.4, 0.5) is 0 Å². The third kappa shape index (κ3) is 1.43. The van der Waals surface area contributed by atoms with Crippen molar-refractivity contribution in [1.82, 2.24) is 0 Å².